The molecular formula is C16H12ClN3O3. The predicted molar refractivity (Wildman–Crippen MR) is 87.1 cm³/mol. The molecule has 0 unspecified atom stereocenters. The summed E-state index contributed by atoms with van der Waals surface area (Å²) in [6.45, 7) is 0. The number of ether oxygens (including phenoxy) is 2. The average Bonchev–Trinajstić information content (AvgIpc) is 2.57. The monoisotopic (exact) mass is 329 g/mol. The summed E-state index contributed by atoms with van der Waals surface area (Å²) in [5.74, 6) is 0.429. The van der Waals surface area contributed by atoms with Crippen molar-refractivity contribution in [1.82, 2.24) is 0 Å². The first-order valence-electron chi connectivity index (χ1n) is 6.51. The molecule has 6 nitrogen and oxygen atoms in total. The average molecular weight is 330 g/mol. The summed E-state index contributed by atoms with van der Waals surface area (Å²) in [5, 5.41) is 3.69. The number of hydrogen-bond acceptors (Lipinski definition) is 4. The quantitative estimate of drug-likeness (QED) is 0.255. The lowest BCUT2D eigenvalue weighted by atomic mass is 10.2. The van der Waals surface area contributed by atoms with Crippen molar-refractivity contribution in [1.29, 1.82) is 0 Å². The lowest BCUT2D eigenvalue weighted by Crippen LogP contribution is -2.02. The third-order valence-electron chi connectivity index (χ3n) is 2.79. The van der Waals surface area contributed by atoms with Crippen LogP contribution in [0.15, 0.2) is 59.3 Å². The summed E-state index contributed by atoms with van der Waals surface area (Å²) in [6.07, 6.45) is 1.34. The maximum atomic E-state index is 11.6. The second-order valence-corrected chi connectivity index (χ2v) is 4.72. The molecule has 0 aliphatic rings. The number of benzene rings is 2. The Labute approximate surface area is 137 Å². The van der Waals surface area contributed by atoms with Gasteiger partial charge in [0.25, 0.3) is 0 Å². The molecule has 0 spiro atoms. The predicted octanol–water partition coefficient (Wildman–Crippen LogP) is 4.96. The van der Waals surface area contributed by atoms with Crippen LogP contribution in [0.5, 0.6) is 11.5 Å². The largest absolute Gasteiger partial charge is 0.466 e. The standard InChI is InChI=1S/C16H12ClN3O3/c1-22-16(21)15(19-20-18)10-11-9-13(7-8-14(11)17)23-12-5-3-2-4-6-12/h2-10H,1H3. The third kappa shape index (κ3) is 4.51. The summed E-state index contributed by atoms with van der Waals surface area (Å²) >= 11 is 6.10. The van der Waals surface area contributed by atoms with Gasteiger partial charge in [0, 0.05) is 9.93 Å². The van der Waals surface area contributed by atoms with E-state index in [9.17, 15) is 4.79 Å². The summed E-state index contributed by atoms with van der Waals surface area (Å²) in [5.41, 5.74) is 8.80. The molecule has 0 atom stereocenters. The highest BCUT2D eigenvalue weighted by Crippen LogP contribution is 2.28. The zero-order valence-corrected chi connectivity index (χ0v) is 12.9. The Hall–Kier alpha value is -2.95. The number of rotatable bonds is 5. The van der Waals surface area contributed by atoms with E-state index in [0.717, 1.165) is 0 Å². The first-order chi connectivity index (χ1) is 11.1. The normalized spacial score (nSPS) is 10.6. The van der Waals surface area contributed by atoms with E-state index in [1.807, 2.05) is 30.3 Å². The van der Waals surface area contributed by atoms with Crippen LogP contribution in [0, 0.1) is 0 Å². The van der Waals surface area contributed by atoms with Crippen LogP contribution in [0.1, 0.15) is 5.56 Å². The Morgan fingerprint density at radius 3 is 2.61 bits per heavy atom. The lowest BCUT2D eigenvalue weighted by molar-refractivity contribution is -0.136. The zero-order valence-electron chi connectivity index (χ0n) is 12.1. The SMILES string of the molecule is COC(=O)C(=Cc1cc(Oc2ccccc2)ccc1Cl)N=[N+]=[N-]. The van der Waals surface area contributed by atoms with Crippen LogP contribution < -0.4 is 4.74 Å². The molecule has 0 aliphatic heterocycles. The van der Waals surface area contributed by atoms with Crippen LogP contribution in [0.25, 0.3) is 16.5 Å². The van der Waals surface area contributed by atoms with E-state index < -0.39 is 5.97 Å². The molecule has 0 radical (unpaired) electrons. The number of para-hydroxylation sites is 1. The van der Waals surface area contributed by atoms with Gasteiger partial charge in [-0.05, 0) is 47.5 Å². The molecule has 2 aromatic rings. The Morgan fingerprint density at radius 1 is 1.22 bits per heavy atom. The second kappa shape index (κ2) is 7.89. The number of nitrogens with zero attached hydrogens (tertiary/aromatic N) is 3. The van der Waals surface area contributed by atoms with Crippen LogP contribution in [0.4, 0.5) is 0 Å². The van der Waals surface area contributed by atoms with Gasteiger partial charge >= 0.3 is 5.97 Å². The van der Waals surface area contributed by atoms with Gasteiger partial charge in [0.2, 0.25) is 0 Å². The molecule has 2 aromatic carbocycles. The van der Waals surface area contributed by atoms with Crippen molar-refractivity contribution in [3.05, 3.63) is 75.3 Å². The number of halogens is 1. The van der Waals surface area contributed by atoms with E-state index >= 15 is 0 Å². The topological polar surface area (TPSA) is 84.3 Å². The summed E-state index contributed by atoms with van der Waals surface area (Å²) < 4.78 is 10.3. The maximum absolute atomic E-state index is 11.6. The molecule has 0 amide bonds. The van der Waals surface area contributed by atoms with Crippen LogP contribution in [-0.2, 0) is 9.53 Å². The number of carbonyl (C=O) groups is 1. The Bertz CT molecular complexity index is 784. The van der Waals surface area contributed by atoms with Crippen LogP contribution >= 0.6 is 11.6 Å². The van der Waals surface area contributed by atoms with Crippen LogP contribution in [0.3, 0.4) is 0 Å². The molecule has 2 rings (SSSR count). The summed E-state index contributed by atoms with van der Waals surface area (Å²) in [6, 6.07) is 14.1. The van der Waals surface area contributed by atoms with Crippen molar-refractivity contribution in [3.8, 4) is 11.5 Å². The number of azide groups is 1. The molecule has 0 heterocycles. The zero-order chi connectivity index (χ0) is 16.7. The van der Waals surface area contributed by atoms with Gasteiger partial charge in [-0.25, -0.2) is 4.79 Å². The maximum Gasteiger partial charge on any atom is 0.340 e. The van der Waals surface area contributed by atoms with Crippen molar-refractivity contribution in [2.24, 2.45) is 5.11 Å². The van der Waals surface area contributed by atoms with Crippen molar-refractivity contribution in [3.63, 3.8) is 0 Å². The van der Waals surface area contributed by atoms with Gasteiger partial charge < -0.3 is 9.47 Å². The minimum atomic E-state index is -0.756. The molecule has 0 aliphatic carbocycles. The third-order valence-corrected chi connectivity index (χ3v) is 3.13. The molecule has 0 bridgehead atoms. The minimum absolute atomic E-state index is 0.200. The Kier molecular flexibility index (Phi) is 5.63. The Balaban J connectivity index is 2.36. The fourth-order valence-electron chi connectivity index (χ4n) is 1.75. The first kappa shape index (κ1) is 16.4. The number of carbonyl (C=O) groups excluding carboxylic acids is 1. The van der Waals surface area contributed by atoms with Gasteiger partial charge in [-0.3, -0.25) is 0 Å². The first-order valence-corrected chi connectivity index (χ1v) is 6.89. The fourth-order valence-corrected chi connectivity index (χ4v) is 1.92. The Morgan fingerprint density at radius 2 is 1.96 bits per heavy atom. The molecule has 7 heteroatoms. The van der Waals surface area contributed by atoms with Gasteiger partial charge in [-0.1, -0.05) is 34.9 Å². The highest BCUT2D eigenvalue weighted by atomic mass is 35.5. The number of hydrogen-bond donors (Lipinski definition) is 0. The van der Waals surface area contributed by atoms with Gasteiger partial charge in [-0.15, -0.1) is 0 Å². The number of methoxy groups -OCH3 is 1. The molecule has 0 saturated heterocycles. The van der Waals surface area contributed by atoms with Crippen molar-refractivity contribution < 1.29 is 14.3 Å². The number of esters is 1. The van der Waals surface area contributed by atoms with Crippen LogP contribution in [-0.4, -0.2) is 13.1 Å². The lowest BCUT2D eigenvalue weighted by Gasteiger charge is -2.08. The molecule has 23 heavy (non-hydrogen) atoms. The van der Waals surface area contributed by atoms with Gasteiger partial charge in [0.15, 0.2) is 0 Å². The fraction of sp³-hybridized carbons (Fsp3) is 0.0625. The minimum Gasteiger partial charge on any atom is -0.466 e. The highest BCUT2D eigenvalue weighted by Gasteiger charge is 2.10. The molecule has 0 saturated carbocycles. The molecule has 116 valence electrons. The van der Waals surface area contributed by atoms with Crippen molar-refractivity contribution in [2.45, 2.75) is 0 Å². The van der Waals surface area contributed by atoms with E-state index in [4.69, 9.17) is 21.9 Å². The van der Waals surface area contributed by atoms with E-state index in [2.05, 4.69) is 14.8 Å². The highest BCUT2D eigenvalue weighted by molar-refractivity contribution is 6.32. The smallest absolute Gasteiger partial charge is 0.340 e. The van der Waals surface area contributed by atoms with E-state index in [1.165, 1.54) is 13.2 Å². The molecule has 0 aromatic heterocycles. The van der Waals surface area contributed by atoms with E-state index in [1.54, 1.807) is 18.2 Å². The molecular weight excluding hydrogens is 318 g/mol. The molecule has 0 fully saturated rings. The van der Waals surface area contributed by atoms with Crippen molar-refractivity contribution in [2.75, 3.05) is 7.11 Å². The molecule has 0 N–H and O–H groups in total. The van der Waals surface area contributed by atoms with Crippen LogP contribution in [0.2, 0.25) is 5.02 Å². The van der Waals surface area contributed by atoms with E-state index in [0.29, 0.717) is 22.1 Å². The second-order valence-electron chi connectivity index (χ2n) is 4.31. The van der Waals surface area contributed by atoms with Gasteiger partial charge in [-0.2, -0.15) is 0 Å². The van der Waals surface area contributed by atoms with Gasteiger partial charge in [0.05, 0.1) is 7.11 Å². The van der Waals surface area contributed by atoms with Crippen molar-refractivity contribution >= 4 is 23.6 Å². The summed E-state index contributed by atoms with van der Waals surface area (Å²) in [4.78, 5) is 14.2. The van der Waals surface area contributed by atoms with Gasteiger partial charge in [0.1, 0.15) is 17.2 Å². The van der Waals surface area contributed by atoms with E-state index in [-0.39, 0.29) is 5.70 Å². The summed E-state index contributed by atoms with van der Waals surface area (Å²) in [7, 11) is 1.19.